The molecule has 0 saturated carbocycles. The second kappa shape index (κ2) is 40.8. The predicted molar refractivity (Wildman–Crippen MR) is 358 cm³/mol. The standard InChI is InChI=1S/C65H108N4O47/c1-15-33(81)43(91)46(94)59(102-15)114-54-52(112-58-32(69-20(6)78)50(38(86)25(11-73)106-58)110-61-48(96)45(93)37(85)24(10-72)107-61)39(87)26(12-74)108-62(54)113-53-41(89)27(13-100-57-30(67-18(4)76)42(90)36(84)23(9-71)105-57)109-63(55(53)115-60-47(95)44(92)34(82)16(2)103-60)111-49-31(68-19(5)77)56(97)104-28(40(49)88)14-101-65(64(98)99)7-21(79)29(66-17(3)75)51(116-65)35(83)22(80)8-70/h15-16,21-63,70-74,79-97H,7-14H2,1-6H3,(H,66,75)(H,67,76)(H,68,77)(H,69,78)(H,98,99)/t15-,16-,21-,22+,23+,24+,25+,26+,27+,28+,29+,30+,31+,32+,33+,34+,35+,36+,37-,38-,39-,40-,41-,42-,43+,44+,45-,46-,47-,48+,49+,50+,51+,52-,53-,54+,55+,56?,57+,58+,59-,60-,61+,62-,63-,65+/m0/s1. The van der Waals surface area contributed by atoms with E-state index in [-0.39, 0.29) is 0 Å². The molecule has 0 aromatic heterocycles. The second-order valence-electron chi connectivity index (χ2n) is 29.6. The van der Waals surface area contributed by atoms with E-state index < -0.39 is 364 Å². The van der Waals surface area contributed by atoms with Crippen LogP contribution >= 0.6 is 0 Å². The number of nitrogens with one attached hydrogen (secondary N) is 4. The first kappa shape index (κ1) is 95.5. The van der Waals surface area contributed by atoms with E-state index in [4.69, 9.17) is 80.5 Å². The van der Waals surface area contributed by atoms with Crippen LogP contribution in [-0.4, -0.2) is 485 Å². The summed E-state index contributed by atoms with van der Waals surface area (Å²) in [5.74, 6) is -9.14. The fourth-order valence-corrected chi connectivity index (χ4v) is 14.9. The predicted octanol–water partition coefficient (Wildman–Crippen LogP) is -18.8. The van der Waals surface area contributed by atoms with Crippen LogP contribution in [0.25, 0.3) is 0 Å². The first-order valence-electron chi connectivity index (χ1n) is 37.0. The van der Waals surface area contributed by atoms with E-state index in [0.29, 0.717) is 0 Å². The molecule has 9 fully saturated rings. The minimum Gasteiger partial charge on any atom is -0.477 e. The SMILES string of the molecule is CC(=O)N[C@H]1[C@H](OC[C@H]2O[C@@H](O[C@H]3[C@@H](O)[C@@H](CO[C@]4(C(=O)O)C[C@H](O)[C@@H](NC(C)=O)[C@H]([C@H](O)[C@H](O)CO)O4)OC(O)[C@@H]3NC(C)=O)[C@H](O[C@@H]3O[C@@H](C)[C@@H](O)[C@@H](O)[C@@H]3O)[C@@H](O[C@@H]3O[C@H](CO)[C@H](O)[C@H](O[C@H]4O[C@H](CO)[C@H](O)[C@H](O[C@H]5O[C@H](CO)[C@H](O)[C@H](O)[C@H]5O)[C@H]4NC(C)=O)[C@H]3O[C@@H]3O[C@@H](C)[C@@H](O)[C@@H](O)[C@@H]3O)[C@H]2O)O[C@H](CO)[C@@H](O)[C@H]1O. The van der Waals surface area contributed by atoms with Gasteiger partial charge in [-0.1, -0.05) is 0 Å². The van der Waals surface area contributed by atoms with Crippen LogP contribution in [0.4, 0.5) is 0 Å². The molecule has 4 amide bonds. The molecular weight excluding hydrogens is 1590 g/mol. The number of aliphatic hydroxyl groups is 24. The Balaban J connectivity index is 1.19. The molecule has 0 aromatic carbocycles. The van der Waals surface area contributed by atoms with Gasteiger partial charge in [0.25, 0.3) is 5.79 Å². The number of carbonyl (C=O) groups is 5. The smallest absolute Gasteiger partial charge is 0.364 e. The van der Waals surface area contributed by atoms with Gasteiger partial charge in [-0.25, -0.2) is 4.79 Å². The van der Waals surface area contributed by atoms with Crippen molar-refractivity contribution in [3.8, 4) is 0 Å². The summed E-state index contributed by atoms with van der Waals surface area (Å²) in [6.45, 7) is -2.28. The van der Waals surface area contributed by atoms with Gasteiger partial charge in [0.15, 0.2) is 50.3 Å². The number of hydrogen-bond acceptors (Lipinski definition) is 46. The molecule has 0 aliphatic carbocycles. The molecule has 0 aromatic rings. The molecular formula is C65H108N4O47. The number of carboxylic acid groups (broad SMARTS) is 1. The van der Waals surface area contributed by atoms with Gasteiger partial charge in [-0.2, -0.15) is 0 Å². The van der Waals surface area contributed by atoms with Crippen molar-refractivity contribution in [3.63, 3.8) is 0 Å². The van der Waals surface area contributed by atoms with E-state index in [1.807, 2.05) is 0 Å². The number of ether oxygens (including phenoxy) is 17. The molecule has 29 N–H and O–H groups in total. The highest BCUT2D eigenvalue weighted by molar-refractivity contribution is 5.77. The molecule has 1 unspecified atom stereocenters. The summed E-state index contributed by atoms with van der Waals surface area (Å²) in [6.07, 6.45) is -91.2. The minimum absolute atomic E-state index is 0.876. The topological polar surface area (TPSA) is 796 Å². The molecule has 9 saturated heterocycles. The molecule has 51 heteroatoms. The largest absolute Gasteiger partial charge is 0.477 e. The summed E-state index contributed by atoms with van der Waals surface area (Å²) in [7, 11) is 0. The maximum absolute atomic E-state index is 13.4. The van der Waals surface area contributed by atoms with Crippen molar-refractivity contribution in [2.24, 2.45) is 0 Å². The van der Waals surface area contributed by atoms with Gasteiger partial charge in [-0.3, -0.25) is 19.2 Å². The molecule has 116 heavy (non-hydrogen) atoms. The number of carbonyl (C=O) groups excluding carboxylic acids is 4. The van der Waals surface area contributed by atoms with E-state index in [2.05, 4.69) is 21.3 Å². The van der Waals surface area contributed by atoms with E-state index in [1.165, 1.54) is 6.92 Å². The number of amides is 4. The van der Waals surface area contributed by atoms with Gasteiger partial charge in [0, 0.05) is 34.1 Å². The Morgan fingerprint density at radius 3 is 1.22 bits per heavy atom. The van der Waals surface area contributed by atoms with Crippen molar-refractivity contribution < 1.29 is 232 Å². The van der Waals surface area contributed by atoms with Gasteiger partial charge in [0.1, 0.15) is 201 Å². The van der Waals surface area contributed by atoms with Crippen molar-refractivity contribution in [1.82, 2.24) is 21.3 Å². The number of hydrogen-bond donors (Lipinski definition) is 29. The van der Waals surface area contributed by atoms with Crippen LogP contribution in [0.15, 0.2) is 0 Å². The fourth-order valence-electron chi connectivity index (χ4n) is 14.9. The third kappa shape index (κ3) is 21.0. The molecule has 9 aliphatic heterocycles. The molecule has 9 aliphatic rings. The zero-order valence-electron chi connectivity index (χ0n) is 62.8. The normalized spacial score (nSPS) is 48.2. The highest BCUT2D eigenvalue weighted by Gasteiger charge is 2.63. The van der Waals surface area contributed by atoms with E-state index in [0.717, 1.165) is 34.6 Å². The van der Waals surface area contributed by atoms with Crippen LogP contribution in [0.2, 0.25) is 0 Å². The Morgan fingerprint density at radius 2 is 0.724 bits per heavy atom. The molecule has 46 atom stereocenters. The maximum Gasteiger partial charge on any atom is 0.364 e. The molecule has 0 bridgehead atoms. The lowest BCUT2D eigenvalue weighted by atomic mass is 9.88. The Labute approximate surface area is 657 Å². The molecule has 9 heterocycles. The van der Waals surface area contributed by atoms with Crippen molar-refractivity contribution in [2.45, 2.75) is 330 Å². The molecule has 0 radical (unpaired) electrons. The van der Waals surface area contributed by atoms with Gasteiger partial charge < -0.3 is 229 Å². The van der Waals surface area contributed by atoms with Gasteiger partial charge in [-0.15, -0.1) is 0 Å². The third-order valence-electron chi connectivity index (χ3n) is 21.3. The van der Waals surface area contributed by atoms with Crippen LogP contribution < -0.4 is 21.3 Å². The number of carboxylic acids is 1. The number of aliphatic hydroxyl groups excluding tert-OH is 24. The van der Waals surface area contributed by atoms with Crippen LogP contribution in [-0.2, 0) is 104 Å². The number of rotatable bonds is 30. The van der Waals surface area contributed by atoms with Crippen LogP contribution in [0.1, 0.15) is 48.0 Å². The summed E-state index contributed by atoms with van der Waals surface area (Å²) in [5.41, 5.74) is 0. The minimum atomic E-state index is -3.21. The van der Waals surface area contributed by atoms with Crippen molar-refractivity contribution in [3.05, 3.63) is 0 Å². The summed E-state index contributed by atoms with van der Waals surface area (Å²) in [4.78, 5) is 65.0. The van der Waals surface area contributed by atoms with Crippen LogP contribution in [0.5, 0.6) is 0 Å². The maximum atomic E-state index is 13.4. The highest BCUT2D eigenvalue weighted by Crippen LogP contribution is 2.42. The van der Waals surface area contributed by atoms with Gasteiger partial charge in [0.05, 0.1) is 70.6 Å². The molecule has 9 rings (SSSR count). The first-order valence-corrected chi connectivity index (χ1v) is 37.0. The fraction of sp³-hybridized carbons (Fsp3) is 0.923. The van der Waals surface area contributed by atoms with Crippen molar-refractivity contribution in [1.29, 1.82) is 0 Å². The Kier molecular flexibility index (Phi) is 33.6. The Bertz CT molecular complexity index is 3170. The average molecular weight is 1700 g/mol. The Hall–Kier alpha value is -4.29. The lowest BCUT2D eigenvalue weighted by molar-refractivity contribution is -0.418. The monoisotopic (exact) mass is 1700 g/mol. The zero-order valence-corrected chi connectivity index (χ0v) is 62.8. The number of aliphatic carboxylic acids is 1. The molecule has 51 nitrogen and oxygen atoms in total. The summed E-state index contributed by atoms with van der Waals surface area (Å²) < 4.78 is 103. The van der Waals surface area contributed by atoms with Crippen molar-refractivity contribution >= 4 is 29.6 Å². The highest BCUT2D eigenvalue weighted by atomic mass is 16.8. The summed E-state index contributed by atoms with van der Waals surface area (Å²) in [5, 5.41) is 290. The van der Waals surface area contributed by atoms with E-state index in [9.17, 15) is 152 Å². The van der Waals surface area contributed by atoms with Gasteiger partial charge in [0.2, 0.25) is 23.6 Å². The van der Waals surface area contributed by atoms with E-state index >= 15 is 0 Å². The lowest BCUT2D eigenvalue weighted by Crippen LogP contribution is -2.71. The Morgan fingerprint density at radius 1 is 0.371 bits per heavy atom. The third-order valence-corrected chi connectivity index (χ3v) is 21.3. The van der Waals surface area contributed by atoms with Crippen LogP contribution in [0.3, 0.4) is 0 Å². The second-order valence-corrected chi connectivity index (χ2v) is 29.6. The van der Waals surface area contributed by atoms with Gasteiger partial charge in [-0.05, 0) is 13.8 Å². The van der Waals surface area contributed by atoms with E-state index in [1.54, 1.807) is 0 Å². The van der Waals surface area contributed by atoms with Crippen molar-refractivity contribution in [2.75, 3.05) is 46.2 Å². The lowest BCUT2D eigenvalue weighted by Gasteiger charge is -2.53. The first-order chi connectivity index (χ1) is 54.6. The van der Waals surface area contributed by atoms with Gasteiger partial charge >= 0.3 is 5.97 Å². The zero-order chi connectivity index (χ0) is 85.9. The summed E-state index contributed by atoms with van der Waals surface area (Å²) >= 11 is 0. The molecule has 0 spiro atoms. The summed E-state index contributed by atoms with van der Waals surface area (Å²) in [6, 6.07) is -7.68. The quantitative estimate of drug-likeness (QED) is 0.0318. The molecule has 670 valence electrons. The average Bonchev–Trinajstić information content (AvgIpc) is 0.759. The van der Waals surface area contributed by atoms with Crippen LogP contribution in [0, 0.1) is 0 Å².